The van der Waals surface area contributed by atoms with Gasteiger partial charge in [0, 0.05) is 24.4 Å². The van der Waals surface area contributed by atoms with E-state index >= 15 is 0 Å². The molecule has 0 aromatic carbocycles. The number of rotatable bonds is 5. The molecule has 0 aliphatic carbocycles. The van der Waals surface area contributed by atoms with Crippen molar-refractivity contribution in [2.45, 2.75) is 32.9 Å². The number of nitrogens with zero attached hydrogens (tertiary/aromatic N) is 2. The van der Waals surface area contributed by atoms with E-state index in [4.69, 9.17) is 5.11 Å². The second-order valence-corrected chi connectivity index (χ2v) is 4.25. The van der Waals surface area contributed by atoms with E-state index in [9.17, 15) is 9.90 Å². The molecular weight excluding hydrogens is 196 g/mol. The fourth-order valence-electron chi connectivity index (χ4n) is 1.31. The number of carbonyl (C=O) groups is 1. The van der Waals surface area contributed by atoms with Crippen molar-refractivity contribution in [2.24, 2.45) is 5.41 Å². The quantitative estimate of drug-likeness (QED) is 0.755. The molecule has 5 nitrogen and oxygen atoms in total. The van der Waals surface area contributed by atoms with E-state index in [1.54, 1.807) is 30.8 Å². The molecule has 0 aliphatic heterocycles. The molecule has 0 fully saturated rings. The molecule has 1 heterocycles. The molecule has 84 valence electrons. The largest absolute Gasteiger partial charge is 0.479 e. The van der Waals surface area contributed by atoms with Crippen molar-refractivity contribution in [3.05, 3.63) is 18.5 Å². The Labute approximate surface area is 88.3 Å². The van der Waals surface area contributed by atoms with Gasteiger partial charge < -0.3 is 10.2 Å². The molecule has 0 aliphatic rings. The lowest BCUT2D eigenvalue weighted by Crippen LogP contribution is -2.37. The molecule has 0 saturated heterocycles. The first kappa shape index (κ1) is 11.7. The van der Waals surface area contributed by atoms with E-state index in [-0.39, 0.29) is 0 Å². The lowest BCUT2D eigenvalue weighted by Gasteiger charge is -2.27. The Morgan fingerprint density at radius 1 is 1.60 bits per heavy atom. The van der Waals surface area contributed by atoms with Gasteiger partial charge in [0.15, 0.2) is 6.10 Å². The van der Waals surface area contributed by atoms with Crippen molar-refractivity contribution in [1.82, 2.24) is 9.78 Å². The number of aliphatic carboxylic acids is 1. The van der Waals surface area contributed by atoms with E-state index in [2.05, 4.69) is 5.10 Å². The van der Waals surface area contributed by atoms with Crippen molar-refractivity contribution >= 4 is 5.97 Å². The summed E-state index contributed by atoms with van der Waals surface area (Å²) >= 11 is 0. The summed E-state index contributed by atoms with van der Waals surface area (Å²) in [6.45, 7) is 4.06. The summed E-state index contributed by atoms with van der Waals surface area (Å²) in [6.07, 6.45) is 2.69. The van der Waals surface area contributed by atoms with Crippen LogP contribution >= 0.6 is 0 Å². The van der Waals surface area contributed by atoms with Gasteiger partial charge in [-0.15, -0.1) is 0 Å². The molecular formula is C10H16N2O3. The second kappa shape index (κ2) is 4.44. The Balaban J connectivity index is 2.53. The van der Waals surface area contributed by atoms with Crippen LogP contribution in [0.15, 0.2) is 18.5 Å². The summed E-state index contributed by atoms with van der Waals surface area (Å²) in [7, 11) is 0. The molecule has 0 saturated carbocycles. The van der Waals surface area contributed by atoms with Gasteiger partial charge in [-0.1, -0.05) is 13.8 Å². The third-order valence-electron chi connectivity index (χ3n) is 2.52. The van der Waals surface area contributed by atoms with Crippen LogP contribution in [0.5, 0.6) is 0 Å². The molecule has 0 radical (unpaired) electrons. The first-order chi connectivity index (χ1) is 6.93. The molecule has 0 bridgehead atoms. The van der Waals surface area contributed by atoms with E-state index in [1.165, 1.54) is 0 Å². The van der Waals surface area contributed by atoms with E-state index in [0.29, 0.717) is 13.0 Å². The smallest absolute Gasteiger partial charge is 0.333 e. The lowest BCUT2D eigenvalue weighted by molar-refractivity contribution is -0.153. The minimum Gasteiger partial charge on any atom is -0.479 e. The third kappa shape index (κ3) is 3.06. The molecule has 1 unspecified atom stereocenters. The average molecular weight is 212 g/mol. The highest BCUT2D eigenvalue weighted by atomic mass is 16.4. The van der Waals surface area contributed by atoms with Gasteiger partial charge in [-0.25, -0.2) is 4.79 Å². The molecule has 1 aromatic rings. The SMILES string of the molecule is CC(C)(CCn1cccn1)C(O)C(=O)O. The number of hydrogen-bond donors (Lipinski definition) is 2. The monoisotopic (exact) mass is 212 g/mol. The van der Waals surface area contributed by atoms with Gasteiger partial charge in [0.2, 0.25) is 0 Å². The fraction of sp³-hybridized carbons (Fsp3) is 0.600. The highest BCUT2D eigenvalue weighted by Crippen LogP contribution is 2.26. The Hall–Kier alpha value is -1.36. The molecule has 2 N–H and O–H groups in total. The Morgan fingerprint density at radius 3 is 2.73 bits per heavy atom. The summed E-state index contributed by atoms with van der Waals surface area (Å²) in [5.74, 6) is -1.18. The van der Waals surface area contributed by atoms with Crippen LogP contribution in [0.3, 0.4) is 0 Å². The van der Waals surface area contributed by atoms with Crippen LogP contribution in [-0.4, -0.2) is 32.1 Å². The number of aliphatic hydroxyl groups is 1. The van der Waals surface area contributed by atoms with Gasteiger partial charge >= 0.3 is 5.97 Å². The maximum absolute atomic E-state index is 10.6. The van der Waals surface area contributed by atoms with Crippen molar-refractivity contribution in [2.75, 3.05) is 0 Å². The number of aryl methyl sites for hydroxylation is 1. The molecule has 0 amide bonds. The van der Waals surface area contributed by atoms with Crippen LogP contribution in [0.4, 0.5) is 0 Å². The van der Waals surface area contributed by atoms with Gasteiger partial charge in [-0.3, -0.25) is 4.68 Å². The van der Waals surface area contributed by atoms with Crippen molar-refractivity contribution < 1.29 is 15.0 Å². The summed E-state index contributed by atoms with van der Waals surface area (Å²) in [4.78, 5) is 10.6. The molecule has 15 heavy (non-hydrogen) atoms. The van der Waals surface area contributed by atoms with Crippen LogP contribution in [0.2, 0.25) is 0 Å². The van der Waals surface area contributed by atoms with Gasteiger partial charge in [0.25, 0.3) is 0 Å². The molecule has 1 atom stereocenters. The van der Waals surface area contributed by atoms with E-state index < -0.39 is 17.5 Å². The standard InChI is InChI=1S/C10H16N2O3/c1-10(2,8(13)9(14)15)4-7-12-6-3-5-11-12/h3,5-6,8,13H,4,7H2,1-2H3,(H,14,15). The van der Waals surface area contributed by atoms with Crippen molar-refractivity contribution in [3.8, 4) is 0 Å². The average Bonchev–Trinajstić information content (AvgIpc) is 2.66. The van der Waals surface area contributed by atoms with Crippen LogP contribution in [0.1, 0.15) is 20.3 Å². The molecule has 0 spiro atoms. The molecule has 1 aromatic heterocycles. The predicted octanol–water partition coefficient (Wildman–Crippen LogP) is 0.745. The van der Waals surface area contributed by atoms with Crippen molar-refractivity contribution in [1.29, 1.82) is 0 Å². The number of aromatic nitrogens is 2. The van der Waals surface area contributed by atoms with Gasteiger partial charge in [-0.05, 0) is 12.5 Å². The number of carboxylic acid groups (broad SMARTS) is 1. The lowest BCUT2D eigenvalue weighted by atomic mass is 9.83. The Bertz CT molecular complexity index is 319. The molecule has 1 rings (SSSR count). The summed E-state index contributed by atoms with van der Waals surface area (Å²) in [5.41, 5.74) is -0.655. The number of aliphatic hydroxyl groups excluding tert-OH is 1. The zero-order chi connectivity index (χ0) is 11.5. The van der Waals surface area contributed by atoms with E-state index in [0.717, 1.165) is 0 Å². The van der Waals surface area contributed by atoms with Gasteiger partial charge in [-0.2, -0.15) is 5.10 Å². The van der Waals surface area contributed by atoms with Crippen LogP contribution in [0, 0.1) is 5.41 Å². The normalized spacial score (nSPS) is 13.8. The summed E-state index contributed by atoms with van der Waals surface area (Å²) in [5, 5.41) is 22.2. The maximum Gasteiger partial charge on any atom is 0.333 e. The zero-order valence-electron chi connectivity index (χ0n) is 8.92. The molecule has 5 heteroatoms. The highest BCUT2D eigenvalue weighted by Gasteiger charge is 2.33. The topological polar surface area (TPSA) is 75.3 Å². The summed E-state index contributed by atoms with van der Waals surface area (Å²) < 4.78 is 1.72. The summed E-state index contributed by atoms with van der Waals surface area (Å²) in [6, 6.07) is 1.81. The minimum atomic E-state index is -1.34. The van der Waals surface area contributed by atoms with Crippen LogP contribution in [0.25, 0.3) is 0 Å². The third-order valence-corrected chi connectivity index (χ3v) is 2.52. The highest BCUT2D eigenvalue weighted by molar-refractivity contribution is 5.72. The second-order valence-electron chi connectivity index (χ2n) is 4.25. The van der Waals surface area contributed by atoms with Crippen LogP contribution in [-0.2, 0) is 11.3 Å². The number of carboxylic acids is 1. The predicted molar refractivity (Wildman–Crippen MR) is 54.3 cm³/mol. The fourth-order valence-corrected chi connectivity index (χ4v) is 1.31. The Morgan fingerprint density at radius 2 is 2.27 bits per heavy atom. The van der Waals surface area contributed by atoms with Crippen LogP contribution < -0.4 is 0 Å². The maximum atomic E-state index is 10.6. The van der Waals surface area contributed by atoms with Gasteiger partial charge in [0.1, 0.15) is 0 Å². The zero-order valence-corrected chi connectivity index (χ0v) is 8.92. The number of hydrogen-bond acceptors (Lipinski definition) is 3. The minimum absolute atomic E-state index is 0.558. The first-order valence-electron chi connectivity index (χ1n) is 4.82. The van der Waals surface area contributed by atoms with E-state index in [1.807, 2.05) is 6.20 Å². The first-order valence-corrected chi connectivity index (χ1v) is 4.82. The Kier molecular flexibility index (Phi) is 3.47. The van der Waals surface area contributed by atoms with Crippen molar-refractivity contribution in [3.63, 3.8) is 0 Å². The van der Waals surface area contributed by atoms with Gasteiger partial charge in [0.05, 0.1) is 0 Å².